The summed E-state index contributed by atoms with van der Waals surface area (Å²) in [4.78, 5) is 6.81. The number of guanidine groups is 1. The highest BCUT2D eigenvalue weighted by Crippen LogP contribution is 2.24. The van der Waals surface area contributed by atoms with E-state index in [9.17, 15) is 0 Å². The zero-order chi connectivity index (χ0) is 18.2. The normalized spacial score (nSPS) is 16.1. The maximum Gasteiger partial charge on any atom is 0.191 e. The fourth-order valence-corrected chi connectivity index (χ4v) is 3.39. The minimum atomic E-state index is 0. The fraction of sp³-hybridized carbons (Fsp3) is 0.611. The van der Waals surface area contributed by atoms with Gasteiger partial charge in [-0.25, -0.2) is 0 Å². The molecule has 1 fully saturated rings. The predicted molar refractivity (Wildman–Crippen MR) is 116 cm³/mol. The van der Waals surface area contributed by atoms with Crippen molar-refractivity contribution in [2.24, 2.45) is 4.99 Å². The SMILES string of the molecule is CCc1nncn1CCNC(=NC)NCC(c1ccco1)N1CCCC1.I. The first-order valence-corrected chi connectivity index (χ1v) is 9.40. The van der Waals surface area contributed by atoms with E-state index in [1.165, 1.54) is 12.8 Å². The van der Waals surface area contributed by atoms with Crippen molar-refractivity contribution < 1.29 is 4.42 Å². The van der Waals surface area contributed by atoms with E-state index in [0.29, 0.717) is 0 Å². The van der Waals surface area contributed by atoms with Crippen molar-refractivity contribution in [3.8, 4) is 0 Å². The van der Waals surface area contributed by atoms with Gasteiger partial charge < -0.3 is 19.6 Å². The highest BCUT2D eigenvalue weighted by Gasteiger charge is 2.25. The average molecular weight is 487 g/mol. The van der Waals surface area contributed by atoms with Crippen LogP contribution >= 0.6 is 24.0 Å². The Morgan fingerprint density at radius 2 is 2.15 bits per heavy atom. The maximum absolute atomic E-state index is 5.67. The van der Waals surface area contributed by atoms with E-state index < -0.39 is 0 Å². The molecule has 2 aromatic rings. The van der Waals surface area contributed by atoms with Gasteiger partial charge >= 0.3 is 0 Å². The van der Waals surface area contributed by atoms with Crippen LogP contribution in [-0.2, 0) is 13.0 Å². The summed E-state index contributed by atoms with van der Waals surface area (Å²) in [5, 5.41) is 14.9. The molecule has 1 aliphatic rings. The van der Waals surface area contributed by atoms with Crippen LogP contribution in [0.3, 0.4) is 0 Å². The van der Waals surface area contributed by atoms with Gasteiger partial charge in [-0.15, -0.1) is 34.2 Å². The van der Waals surface area contributed by atoms with Crippen LogP contribution in [0.15, 0.2) is 34.1 Å². The molecule has 0 aromatic carbocycles. The molecule has 2 aromatic heterocycles. The van der Waals surface area contributed by atoms with E-state index in [4.69, 9.17) is 4.42 Å². The third kappa shape index (κ3) is 5.93. The van der Waals surface area contributed by atoms with Gasteiger partial charge in [-0.05, 0) is 38.1 Å². The monoisotopic (exact) mass is 487 g/mol. The van der Waals surface area contributed by atoms with Gasteiger partial charge in [0.25, 0.3) is 0 Å². The van der Waals surface area contributed by atoms with Crippen molar-refractivity contribution in [3.05, 3.63) is 36.3 Å². The summed E-state index contributed by atoms with van der Waals surface area (Å²) in [5.41, 5.74) is 0. The Morgan fingerprint density at radius 3 is 2.81 bits per heavy atom. The minimum absolute atomic E-state index is 0. The summed E-state index contributed by atoms with van der Waals surface area (Å²) >= 11 is 0. The molecule has 1 aliphatic heterocycles. The summed E-state index contributed by atoms with van der Waals surface area (Å²) in [6, 6.07) is 4.24. The summed E-state index contributed by atoms with van der Waals surface area (Å²) in [5.74, 6) is 2.81. The summed E-state index contributed by atoms with van der Waals surface area (Å²) in [6.07, 6.45) is 6.91. The third-order valence-electron chi connectivity index (χ3n) is 4.80. The van der Waals surface area contributed by atoms with Gasteiger partial charge in [0.2, 0.25) is 0 Å². The quantitative estimate of drug-likeness (QED) is 0.337. The van der Waals surface area contributed by atoms with Gasteiger partial charge in [-0.2, -0.15) is 0 Å². The van der Waals surface area contributed by atoms with Gasteiger partial charge in [-0.3, -0.25) is 9.89 Å². The largest absolute Gasteiger partial charge is 0.468 e. The van der Waals surface area contributed by atoms with Crippen molar-refractivity contribution in [2.45, 2.75) is 38.8 Å². The first kappa shape index (κ1) is 21.7. The van der Waals surface area contributed by atoms with Crippen molar-refractivity contribution in [1.82, 2.24) is 30.3 Å². The second kappa shape index (κ2) is 11.3. The summed E-state index contributed by atoms with van der Waals surface area (Å²) in [6.45, 7) is 6.66. The number of aryl methyl sites for hydroxylation is 1. The zero-order valence-corrected chi connectivity index (χ0v) is 18.4. The summed E-state index contributed by atoms with van der Waals surface area (Å²) < 4.78 is 7.74. The second-order valence-corrected chi connectivity index (χ2v) is 6.45. The molecule has 0 amide bonds. The van der Waals surface area contributed by atoms with Crippen molar-refractivity contribution in [3.63, 3.8) is 0 Å². The van der Waals surface area contributed by atoms with Crippen LogP contribution in [0.1, 0.15) is 37.4 Å². The first-order valence-electron chi connectivity index (χ1n) is 9.40. The predicted octanol–water partition coefficient (Wildman–Crippen LogP) is 2.05. The Kier molecular flexibility index (Phi) is 9.05. The molecular weight excluding hydrogens is 457 g/mol. The standard InChI is InChI=1S/C18H29N7O.HI/c1-3-17-23-22-14-25(17)11-8-20-18(19-2)21-13-15(16-7-6-12-26-16)24-9-4-5-10-24;/h6-7,12,14-15H,3-5,8-11,13H2,1-2H3,(H2,19,20,21);1H. The molecule has 0 spiro atoms. The highest BCUT2D eigenvalue weighted by molar-refractivity contribution is 14.0. The molecule has 3 heterocycles. The van der Waals surface area contributed by atoms with Crippen LogP contribution in [0, 0.1) is 0 Å². The van der Waals surface area contributed by atoms with E-state index in [1.807, 2.05) is 6.07 Å². The van der Waals surface area contributed by atoms with Gasteiger partial charge in [0.1, 0.15) is 17.9 Å². The number of likely N-dealkylation sites (tertiary alicyclic amines) is 1. The lowest BCUT2D eigenvalue weighted by molar-refractivity contribution is 0.215. The third-order valence-corrected chi connectivity index (χ3v) is 4.80. The van der Waals surface area contributed by atoms with Crippen LogP contribution in [0.5, 0.6) is 0 Å². The van der Waals surface area contributed by atoms with Crippen LogP contribution in [0.25, 0.3) is 0 Å². The van der Waals surface area contributed by atoms with Crippen molar-refractivity contribution in [2.75, 3.05) is 33.2 Å². The maximum atomic E-state index is 5.67. The molecule has 0 radical (unpaired) electrons. The molecular formula is C18H30IN7O. The smallest absolute Gasteiger partial charge is 0.191 e. The highest BCUT2D eigenvalue weighted by atomic mass is 127. The second-order valence-electron chi connectivity index (χ2n) is 6.45. The van der Waals surface area contributed by atoms with Crippen LogP contribution in [0.4, 0.5) is 0 Å². The molecule has 1 saturated heterocycles. The van der Waals surface area contributed by atoms with Crippen LogP contribution in [0.2, 0.25) is 0 Å². The number of hydrogen-bond donors (Lipinski definition) is 2. The zero-order valence-electron chi connectivity index (χ0n) is 16.1. The number of rotatable bonds is 8. The minimum Gasteiger partial charge on any atom is -0.468 e. The molecule has 1 unspecified atom stereocenters. The lowest BCUT2D eigenvalue weighted by Crippen LogP contribution is -2.43. The first-order chi connectivity index (χ1) is 12.8. The Labute approximate surface area is 177 Å². The van der Waals surface area contributed by atoms with Crippen molar-refractivity contribution >= 4 is 29.9 Å². The lowest BCUT2D eigenvalue weighted by atomic mass is 10.2. The molecule has 8 nitrogen and oxygen atoms in total. The Balaban J connectivity index is 0.00000261. The van der Waals surface area contributed by atoms with Gasteiger partial charge in [0.05, 0.1) is 12.3 Å². The number of nitrogens with zero attached hydrogens (tertiary/aromatic N) is 5. The van der Waals surface area contributed by atoms with Gasteiger partial charge in [0, 0.05) is 33.1 Å². The number of halogens is 1. The Bertz CT molecular complexity index is 680. The van der Waals surface area contributed by atoms with Crippen LogP contribution < -0.4 is 10.6 Å². The lowest BCUT2D eigenvalue weighted by Gasteiger charge is -2.26. The molecule has 27 heavy (non-hydrogen) atoms. The summed E-state index contributed by atoms with van der Waals surface area (Å²) in [7, 11) is 1.79. The van der Waals surface area contributed by atoms with Gasteiger partial charge in [-0.1, -0.05) is 6.92 Å². The Morgan fingerprint density at radius 1 is 1.33 bits per heavy atom. The topological polar surface area (TPSA) is 83.5 Å². The van der Waals surface area contributed by atoms with Crippen LogP contribution in [-0.4, -0.2) is 58.9 Å². The number of nitrogens with one attached hydrogen (secondary N) is 2. The van der Waals surface area contributed by atoms with E-state index in [0.717, 1.165) is 56.7 Å². The number of aromatic nitrogens is 3. The number of aliphatic imine (C=N–C) groups is 1. The molecule has 2 N–H and O–H groups in total. The fourth-order valence-electron chi connectivity index (χ4n) is 3.39. The average Bonchev–Trinajstić information content (AvgIpc) is 3.42. The van der Waals surface area contributed by atoms with E-state index >= 15 is 0 Å². The van der Waals surface area contributed by atoms with Crippen molar-refractivity contribution in [1.29, 1.82) is 0 Å². The number of hydrogen-bond acceptors (Lipinski definition) is 5. The molecule has 0 saturated carbocycles. The number of furan rings is 1. The van der Waals surface area contributed by atoms with E-state index in [2.05, 4.69) is 48.3 Å². The molecule has 9 heteroatoms. The molecule has 150 valence electrons. The van der Waals surface area contributed by atoms with E-state index in [-0.39, 0.29) is 30.0 Å². The van der Waals surface area contributed by atoms with E-state index in [1.54, 1.807) is 19.6 Å². The molecule has 3 rings (SSSR count). The van der Waals surface area contributed by atoms with Gasteiger partial charge in [0.15, 0.2) is 5.96 Å². The molecule has 0 aliphatic carbocycles. The molecule has 0 bridgehead atoms. The molecule has 1 atom stereocenters. The Hall–Kier alpha value is -1.62.